The number of hydrogen-bond donors (Lipinski definition) is 1. The molecule has 2 saturated heterocycles. The average molecular weight is 415 g/mol. The first-order chi connectivity index (χ1) is 14.0. The summed E-state index contributed by atoms with van der Waals surface area (Å²) in [5.41, 5.74) is 0.00946. The molecule has 9 nitrogen and oxygen atoms in total. The predicted molar refractivity (Wildman–Crippen MR) is 117 cm³/mol. The normalized spacial score (nSPS) is 17.6. The van der Waals surface area contributed by atoms with E-state index in [0.29, 0.717) is 42.8 Å². The van der Waals surface area contributed by atoms with Crippen molar-refractivity contribution in [3.63, 3.8) is 0 Å². The summed E-state index contributed by atoms with van der Waals surface area (Å²) < 4.78 is 1.33. The van der Waals surface area contributed by atoms with Crippen molar-refractivity contribution in [3.8, 4) is 0 Å². The fourth-order valence-corrected chi connectivity index (χ4v) is 4.43. The number of anilines is 1. The van der Waals surface area contributed by atoms with Gasteiger partial charge in [-0.1, -0.05) is 25.6 Å². The van der Waals surface area contributed by atoms with Crippen LogP contribution in [0.1, 0.15) is 20.3 Å². The molecule has 3 heterocycles. The van der Waals surface area contributed by atoms with Crippen molar-refractivity contribution < 1.29 is 9.72 Å². The smallest absolute Gasteiger partial charge is 0.357 e. The number of benzene rings is 1. The topological polar surface area (TPSA) is 101 Å². The molecule has 0 atom stereocenters. The highest BCUT2D eigenvalue weighted by Gasteiger charge is 2.33. The maximum absolute atomic E-state index is 12.8. The molecule has 1 aromatic carbocycles. The largest absolute Gasteiger partial charge is 0.362 e. The molecule has 1 amide bonds. The number of carbonyl (C=O) groups excluding carboxylic acids is 1. The lowest BCUT2D eigenvalue weighted by atomic mass is 9.96. The Morgan fingerprint density at radius 1 is 1.13 bits per heavy atom. The lowest BCUT2D eigenvalue weighted by Gasteiger charge is -2.38. The summed E-state index contributed by atoms with van der Waals surface area (Å²) in [5.74, 6) is 0.233. The number of rotatable bonds is 3. The van der Waals surface area contributed by atoms with Gasteiger partial charge in [0.25, 0.3) is 0 Å². The van der Waals surface area contributed by atoms with Gasteiger partial charge < -0.3 is 19.7 Å². The number of fused-ring (bicyclic) bond motifs is 1. The first kappa shape index (κ1) is 21.8. The van der Waals surface area contributed by atoms with Gasteiger partial charge in [0, 0.05) is 44.5 Å². The van der Waals surface area contributed by atoms with Crippen molar-refractivity contribution >= 4 is 28.2 Å². The second-order valence-electron chi connectivity index (χ2n) is 7.67. The zero-order chi connectivity index (χ0) is 20.5. The Bertz CT molecular complexity index is 1000. The van der Waals surface area contributed by atoms with Gasteiger partial charge in [0.1, 0.15) is 5.69 Å². The molecular weight excluding hydrogens is 386 g/mol. The third-order valence-electron chi connectivity index (χ3n) is 6.03. The third kappa shape index (κ3) is 3.77. The van der Waals surface area contributed by atoms with Crippen molar-refractivity contribution in [2.75, 3.05) is 44.2 Å². The summed E-state index contributed by atoms with van der Waals surface area (Å²) in [6.07, 6.45) is 1.70. The van der Waals surface area contributed by atoms with Crippen molar-refractivity contribution in [3.05, 3.63) is 44.7 Å². The molecule has 0 spiro atoms. The maximum Gasteiger partial charge on any atom is 0.357 e. The number of piperazine rings is 1. The van der Waals surface area contributed by atoms with E-state index in [9.17, 15) is 19.7 Å². The van der Waals surface area contributed by atoms with Gasteiger partial charge >= 0.3 is 11.2 Å². The summed E-state index contributed by atoms with van der Waals surface area (Å²) in [6.45, 7) is 3.67. The Balaban J connectivity index is 0.00000256. The first-order valence-corrected chi connectivity index (χ1v) is 9.99. The molecule has 0 unspecified atom stereocenters. The standard InChI is InChI=1S/C20H25N5O4.CH4/c1-22-16-5-3-2-4-15(16)17(18(20(22)27)25(28)29)23-10-12-24(13-11-23)19(26)14-6-8-21-9-7-14;/h2-5,14,21H,6-13H2,1H3;1H4. The molecule has 0 aliphatic carbocycles. The van der Waals surface area contributed by atoms with Gasteiger partial charge in [0.15, 0.2) is 0 Å². The van der Waals surface area contributed by atoms with Crippen molar-refractivity contribution in [2.24, 2.45) is 13.0 Å². The van der Waals surface area contributed by atoms with Crippen LogP contribution in [-0.4, -0.2) is 59.6 Å². The number of nitrogens with zero attached hydrogens (tertiary/aromatic N) is 4. The van der Waals surface area contributed by atoms with Gasteiger partial charge in [-0.15, -0.1) is 0 Å². The van der Waals surface area contributed by atoms with E-state index in [1.54, 1.807) is 13.1 Å². The van der Waals surface area contributed by atoms with Crippen molar-refractivity contribution in [2.45, 2.75) is 20.3 Å². The van der Waals surface area contributed by atoms with Crippen LogP contribution < -0.4 is 15.8 Å². The van der Waals surface area contributed by atoms with Gasteiger partial charge in [0.2, 0.25) is 5.91 Å². The minimum Gasteiger partial charge on any atom is -0.362 e. The lowest BCUT2D eigenvalue weighted by Crippen LogP contribution is -2.51. The Kier molecular flexibility index (Phi) is 6.40. The number of nitrogens with one attached hydrogen (secondary N) is 1. The molecule has 1 N–H and O–H groups in total. The van der Waals surface area contributed by atoms with Gasteiger partial charge in [0.05, 0.1) is 10.4 Å². The van der Waals surface area contributed by atoms with Gasteiger partial charge in [-0.25, -0.2) is 0 Å². The fourth-order valence-electron chi connectivity index (χ4n) is 4.43. The summed E-state index contributed by atoms with van der Waals surface area (Å²) in [7, 11) is 1.55. The highest BCUT2D eigenvalue weighted by molar-refractivity contribution is 5.96. The summed E-state index contributed by atoms with van der Waals surface area (Å²) >= 11 is 0. The van der Waals surface area contributed by atoms with E-state index in [1.165, 1.54) is 4.57 Å². The van der Waals surface area contributed by atoms with Crippen LogP contribution in [0.25, 0.3) is 10.9 Å². The van der Waals surface area contributed by atoms with Crippen molar-refractivity contribution in [1.29, 1.82) is 0 Å². The van der Waals surface area contributed by atoms with Crippen LogP contribution in [-0.2, 0) is 11.8 Å². The molecule has 9 heteroatoms. The lowest BCUT2D eigenvalue weighted by molar-refractivity contribution is -0.385. The van der Waals surface area contributed by atoms with Crippen LogP contribution in [0.3, 0.4) is 0 Å². The second-order valence-corrected chi connectivity index (χ2v) is 7.67. The summed E-state index contributed by atoms with van der Waals surface area (Å²) in [6, 6.07) is 7.23. The number of para-hydroxylation sites is 1. The molecule has 0 bridgehead atoms. The Labute approximate surface area is 175 Å². The van der Waals surface area contributed by atoms with E-state index < -0.39 is 16.2 Å². The summed E-state index contributed by atoms with van der Waals surface area (Å²) in [5, 5.41) is 15.7. The highest BCUT2D eigenvalue weighted by Crippen LogP contribution is 2.34. The quantitative estimate of drug-likeness (QED) is 0.605. The minimum atomic E-state index is -0.614. The van der Waals surface area contributed by atoms with Crippen LogP contribution in [0.5, 0.6) is 0 Å². The highest BCUT2D eigenvalue weighted by atomic mass is 16.6. The zero-order valence-corrected chi connectivity index (χ0v) is 16.5. The number of piperidine rings is 1. The molecule has 2 aromatic rings. The molecule has 0 radical (unpaired) electrons. The molecule has 162 valence electrons. The SMILES string of the molecule is C.Cn1c(=O)c([N+](=O)[O-])c(N2CCN(C(=O)C3CCNCC3)CC2)c2ccccc21. The van der Waals surface area contributed by atoms with E-state index in [2.05, 4.69) is 5.32 Å². The van der Waals surface area contributed by atoms with Crippen LogP contribution in [0.15, 0.2) is 29.1 Å². The predicted octanol–water partition coefficient (Wildman–Crippen LogP) is 1.73. The number of nitro groups is 1. The number of carbonyl (C=O) groups is 1. The molecule has 4 rings (SSSR count). The van der Waals surface area contributed by atoms with Crippen LogP contribution >= 0.6 is 0 Å². The molecule has 30 heavy (non-hydrogen) atoms. The molecular formula is C21H29N5O4. The average Bonchev–Trinajstić information content (AvgIpc) is 2.76. The summed E-state index contributed by atoms with van der Waals surface area (Å²) in [4.78, 5) is 40.4. The maximum atomic E-state index is 12.8. The Hall–Kier alpha value is -2.94. The number of hydrogen-bond acceptors (Lipinski definition) is 6. The van der Waals surface area contributed by atoms with E-state index in [4.69, 9.17) is 0 Å². The van der Waals surface area contributed by atoms with Gasteiger partial charge in [-0.2, -0.15) is 0 Å². The number of aryl methyl sites for hydroxylation is 1. The van der Waals surface area contributed by atoms with E-state index in [0.717, 1.165) is 25.9 Å². The zero-order valence-electron chi connectivity index (χ0n) is 16.5. The van der Waals surface area contributed by atoms with E-state index >= 15 is 0 Å². The van der Waals surface area contributed by atoms with Gasteiger partial charge in [-0.05, 0) is 32.0 Å². The molecule has 1 aromatic heterocycles. The number of aromatic nitrogens is 1. The number of amides is 1. The molecule has 2 aliphatic heterocycles. The third-order valence-corrected chi connectivity index (χ3v) is 6.03. The van der Waals surface area contributed by atoms with E-state index in [1.807, 2.05) is 28.0 Å². The second kappa shape index (κ2) is 8.83. The fraction of sp³-hybridized carbons (Fsp3) is 0.524. The monoisotopic (exact) mass is 415 g/mol. The van der Waals surface area contributed by atoms with Crippen LogP contribution in [0.2, 0.25) is 0 Å². The van der Waals surface area contributed by atoms with Crippen LogP contribution in [0, 0.1) is 16.0 Å². The Morgan fingerprint density at radius 3 is 2.40 bits per heavy atom. The van der Waals surface area contributed by atoms with Crippen molar-refractivity contribution in [1.82, 2.24) is 14.8 Å². The molecule has 2 fully saturated rings. The minimum absolute atomic E-state index is 0. The Morgan fingerprint density at radius 2 is 1.77 bits per heavy atom. The molecule has 0 saturated carbocycles. The first-order valence-electron chi connectivity index (χ1n) is 9.99. The molecule has 2 aliphatic rings. The number of pyridine rings is 1. The van der Waals surface area contributed by atoms with Gasteiger partial charge in [-0.3, -0.25) is 19.7 Å². The van der Waals surface area contributed by atoms with Crippen LogP contribution in [0.4, 0.5) is 11.4 Å². The van der Waals surface area contributed by atoms with E-state index in [-0.39, 0.29) is 19.3 Å².